The summed E-state index contributed by atoms with van der Waals surface area (Å²) in [6.45, 7) is 0. The molecule has 1 heterocycles. The van der Waals surface area contributed by atoms with Gasteiger partial charge < -0.3 is 0 Å². The number of nitrogens with zero attached hydrogens (tertiary/aromatic N) is 4. The number of sulfonamides is 1. The molecule has 8 heteroatoms. The summed E-state index contributed by atoms with van der Waals surface area (Å²) in [5.74, 6) is 0. The van der Waals surface area contributed by atoms with Gasteiger partial charge in [-0.3, -0.25) is 0 Å². The predicted octanol–water partition coefficient (Wildman–Crippen LogP) is 0.977. The van der Waals surface area contributed by atoms with Crippen molar-refractivity contribution in [3.63, 3.8) is 0 Å². The number of tetrazole rings is 1. The number of nitrogens with two attached hydrogens (primary N) is 1. The number of rotatable bonds is 3. The van der Waals surface area contributed by atoms with E-state index in [4.69, 9.17) is 5.14 Å². The van der Waals surface area contributed by atoms with E-state index in [1.165, 1.54) is 18.5 Å². The van der Waals surface area contributed by atoms with Crippen LogP contribution < -0.4 is 5.14 Å². The van der Waals surface area contributed by atoms with Crippen LogP contribution in [0.2, 0.25) is 0 Å². The second kappa shape index (κ2) is 5.08. The SMILES string of the molecule is NS(=O)(=O)c1ccc(-c2ccc(-n3cnnn3)cc2)cc1. The molecule has 0 aliphatic heterocycles. The first-order valence-electron chi connectivity index (χ1n) is 6.01. The summed E-state index contributed by atoms with van der Waals surface area (Å²) in [6, 6.07) is 14.0. The van der Waals surface area contributed by atoms with E-state index < -0.39 is 10.0 Å². The highest BCUT2D eigenvalue weighted by Crippen LogP contribution is 2.22. The Hall–Kier alpha value is -2.58. The first-order chi connectivity index (χ1) is 10.0. The molecule has 0 aliphatic carbocycles. The Kier molecular flexibility index (Phi) is 3.24. The van der Waals surface area contributed by atoms with Crippen molar-refractivity contribution >= 4 is 10.0 Å². The highest BCUT2D eigenvalue weighted by Gasteiger charge is 2.07. The van der Waals surface area contributed by atoms with Gasteiger partial charge in [-0.25, -0.2) is 18.2 Å². The Morgan fingerprint density at radius 2 is 1.48 bits per heavy atom. The van der Waals surface area contributed by atoms with E-state index in [1.54, 1.807) is 16.8 Å². The van der Waals surface area contributed by atoms with Crippen molar-refractivity contribution in [3.8, 4) is 16.8 Å². The minimum Gasteiger partial charge on any atom is -0.225 e. The lowest BCUT2D eigenvalue weighted by molar-refractivity contribution is 0.598. The third-order valence-corrected chi connectivity index (χ3v) is 3.93. The van der Waals surface area contributed by atoms with Gasteiger partial charge in [0.1, 0.15) is 6.33 Å². The van der Waals surface area contributed by atoms with Crippen LogP contribution in [0.3, 0.4) is 0 Å². The number of hydrogen-bond donors (Lipinski definition) is 1. The monoisotopic (exact) mass is 301 g/mol. The molecule has 0 fully saturated rings. The number of benzene rings is 2. The molecule has 1 aromatic heterocycles. The van der Waals surface area contributed by atoms with E-state index in [2.05, 4.69) is 15.5 Å². The quantitative estimate of drug-likeness (QED) is 0.776. The normalized spacial score (nSPS) is 11.5. The van der Waals surface area contributed by atoms with Gasteiger partial charge in [-0.2, -0.15) is 0 Å². The van der Waals surface area contributed by atoms with Crippen molar-refractivity contribution in [1.29, 1.82) is 0 Å². The average molecular weight is 301 g/mol. The van der Waals surface area contributed by atoms with Gasteiger partial charge in [-0.1, -0.05) is 24.3 Å². The van der Waals surface area contributed by atoms with Crippen molar-refractivity contribution < 1.29 is 8.42 Å². The van der Waals surface area contributed by atoms with Gasteiger partial charge >= 0.3 is 0 Å². The lowest BCUT2D eigenvalue weighted by Gasteiger charge is -2.05. The van der Waals surface area contributed by atoms with Crippen molar-refractivity contribution in [2.45, 2.75) is 4.90 Å². The fraction of sp³-hybridized carbons (Fsp3) is 0. The molecular weight excluding hydrogens is 290 g/mol. The molecule has 3 rings (SSSR count). The molecule has 2 N–H and O–H groups in total. The maximum Gasteiger partial charge on any atom is 0.238 e. The van der Waals surface area contributed by atoms with E-state index >= 15 is 0 Å². The summed E-state index contributed by atoms with van der Waals surface area (Å²) in [4.78, 5) is 0.0940. The Morgan fingerprint density at radius 1 is 0.905 bits per heavy atom. The summed E-state index contributed by atoms with van der Waals surface area (Å²) in [7, 11) is -3.66. The molecule has 0 amide bonds. The van der Waals surface area contributed by atoms with E-state index in [0.29, 0.717) is 0 Å². The van der Waals surface area contributed by atoms with Crippen molar-refractivity contribution in [2.75, 3.05) is 0 Å². The van der Waals surface area contributed by atoms with E-state index in [-0.39, 0.29) is 4.90 Å². The van der Waals surface area contributed by atoms with Crippen LogP contribution in [0, 0.1) is 0 Å². The second-order valence-electron chi connectivity index (χ2n) is 4.37. The van der Waals surface area contributed by atoms with Crippen LogP contribution in [0.4, 0.5) is 0 Å². The minimum atomic E-state index is -3.66. The first kappa shape index (κ1) is 13.4. The smallest absolute Gasteiger partial charge is 0.225 e. The van der Waals surface area contributed by atoms with Crippen LogP contribution in [0.5, 0.6) is 0 Å². The summed E-state index contributed by atoms with van der Waals surface area (Å²) >= 11 is 0. The van der Waals surface area contributed by atoms with E-state index in [1.807, 2.05) is 24.3 Å². The van der Waals surface area contributed by atoms with Gasteiger partial charge in [0, 0.05) is 0 Å². The van der Waals surface area contributed by atoms with Gasteiger partial charge in [0.15, 0.2) is 0 Å². The molecule has 0 saturated carbocycles. The number of aromatic nitrogens is 4. The maximum atomic E-state index is 11.2. The molecule has 0 spiro atoms. The Bertz CT molecular complexity index is 841. The van der Waals surface area contributed by atoms with Crippen LogP contribution >= 0.6 is 0 Å². The molecule has 0 bridgehead atoms. The third-order valence-electron chi connectivity index (χ3n) is 3.00. The minimum absolute atomic E-state index is 0.0940. The van der Waals surface area contributed by atoms with Crippen LogP contribution in [-0.2, 0) is 10.0 Å². The molecule has 106 valence electrons. The summed E-state index contributed by atoms with van der Waals surface area (Å²) in [5, 5.41) is 16.0. The zero-order valence-electron chi connectivity index (χ0n) is 10.8. The zero-order valence-corrected chi connectivity index (χ0v) is 11.6. The standard InChI is InChI=1S/C13H11N5O2S/c14-21(19,20)13-7-3-11(4-8-13)10-1-5-12(6-2-10)18-9-15-16-17-18/h1-9H,(H2,14,19,20). The van der Waals surface area contributed by atoms with Crippen LogP contribution in [0.15, 0.2) is 59.8 Å². The average Bonchev–Trinajstić information content (AvgIpc) is 3.01. The van der Waals surface area contributed by atoms with Crippen LogP contribution in [-0.4, -0.2) is 28.6 Å². The van der Waals surface area contributed by atoms with Gasteiger partial charge in [-0.15, -0.1) is 5.10 Å². The van der Waals surface area contributed by atoms with Crippen LogP contribution in [0.25, 0.3) is 16.8 Å². The van der Waals surface area contributed by atoms with E-state index in [0.717, 1.165) is 16.8 Å². The highest BCUT2D eigenvalue weighted by atomic mass is 32.2. The molecule has 3 aromatic rings. The molecule has 0 unspecified atom stereocenters. The second-order valence-corrected chi connectivity index (χ2v) is 5.93. The van der Waals surface area contributed by atoms with Crippen LogP contribution in [0.1, 0.15) is 0 Å². The molecule has 0 radical (unpaired) electrons. The fourth-order valence-electron chi connectivity index (χ4n) is 1.92. The van der Waals surface area contributed by atoms with Gasteiger partial charge in [0.2, 0.25) is 10.0 Å². The molecule has 7 nitrogen and oxygen atoms in total. The van der Waals surface area contributed by atoms with Crippen molar-refractivity contribution in [1.82, 2.24) is 20.2 Å². The van der Waals surface area contributed by atoms with Crippen molar-refractivity contribution in [2.24, 2.45) is 5.14 Å². The van der Waals surface area contributed by atoms with Gasteiger partial charge in [0.25, 0.3) is 0 Å². The molecular formula is C13H11N5O2S. The lowest BCUT2D eigenvalue weighted by atomic mass is 10.1. The third kappa shape index (κ3) is 2.81. The Labute approximate surface area is 121 Å². The molecule has 21 heavy (non-hydrogen) atoms. The maximum absolute atomic E-state index is 11.2. The van der Waals surface area contributed by atoms with Gasteiger partial charge in [-0.05, 0) is 45.8 Å². The summed E-state index contributed by atoms with van der Waals surface area (Å²) < 4.78 is 24.0. The molecule has 2 aromatic carbocycles. The summed E-state index contributed by atoms with van der Waals surface area (Å²) in [6.07, 6.45) is 1.51. The number of primary sulfonamides is 1. The lowest BCUT2D eigenvalue weighted by Crippen LogP contribution is -2.11. The Balaban J connectivity index is 1.91. The highest BCUT2D eigenvalue weighted by molar-refractivity contribution is 7.89. The topological polar surface area (TPSA) is 104 Å². The van der Waals surface area contributed by atoms with Gasteiger partial charge in [0.05, 0.1) is 10.6 Å². The Morgan fingerprint density at radius 3 is 1.95 bits per heavy atom. The predicted molar refractivity (Wildman–Crippen MR) is 76.0 cm³/mol. The molecule has 0 aliphatic rings. The number of hydrogen-bond acceptors (Lipinski definition) is 5. The largest absolute Gasteiger partial charge is 0.238 e. The molecule has 0 saturated heterocycles. The molecule has 0 atom stereocenters. The van der Waals surface area contributed by atoms with Crippen molar-refractivity contribution in [3.05, 3.63) is 54.9 Å². The van der Waals surface area contributed by atoms with E-state index in [9.17, 15) is 8.42 Å². The first-order valence-corrected chi connectivity index (χ1v) is 7.55. The fourth-order valence-corrected chi connectivity index (χ4v) is 2.44. The summed E-state index contributed by atoms with van der Waals surface area (Å²) in [5.41, 5.74) is 2.68. The zero-order chi connectivity index (χ0) is 14.9.